The molecule has 0 aliphatic rings. The first-order chi connectivity index (χ1) is 9.78. The molecule has 2 aromatic rings. The Bertz CT molecular complexity index is 631. The Morgan fingerprint density at radius 2 is 1.95 bits per heavy atom. The third kappa shape index (κ3) is 3.34. The second-order valence-electron chi connectivity index (χ2n) is 4.28. The van der Waals surface area contributed by atoms with Crippen LogP contribution in [0.1, 0.15) is 25.0 Å². The number of thioether (sulfide) groups is 1. The van der Waals surface area contributed by atoms with Gasteiger partial charge < -0.3 is 4.74 Å². The van der Waals surface area contributed by atoms with Crippen LogP contribution in [-0.4, -0.2) is 5.75 Å². The van der Waals surface area contributed by atoms with Gasteiger partial charge >= 0.3 is 0 Å². The van der Waals surface area contributed by atoms with E-state index in [1.807, 2.05) is 36.4 Å². The van der Waals surface area contributed by atoms with Crippen molar-refractivity contribution >= 4 is 11.8 Å². The number of aryl methyl sites for hydroxylation is 1. The van der Waals surface area contributed by atoms with E-state index >= 15 is 0 Å². The molecule has 0 atom stereocenters. The van der Waals surface area contributed by atoms with Gasteiger partial charge in [-0.2, -0.15) is 5.26 Å². The van der Waals surface area contributed by atoms with Crippen LogP contribution >= 0.6 is 11.8 Å². The zero-order valence-corrected chi connectivity index (χ0v) is 12.5. The molecular weight excluding hydrogens is 266 g/mol. The third-order valence-electron chi connectivity index (χ3n) is 2.93. The SMILES string of the molecule is CCSc1cccc(Oc2cccc(CC)c2)c1C#N. The van der Waals surface area contributed by atoms with Gasteiger partial charge in [-0.15, -0.1) is 11.8 Å². The van der Waals surface area contributed by atoms with Crippen molar-refractivity contribution in [3.05, 3.63) is 53.6 Å². The van der Waals surface area contributed by atoms with E-state index in [-0.39, 0.29) is 0 Å². The lowest BCUT2D eigenvalue weighted by Crippen LogP contribution is -1.91. The highest BCUT2D eigenvalue weighted by Gasteiger charge is 2.10. The van der Waals surface area contributed by atoms with Gasteiger partial charge in [0.25, 0.3) is 0 Å². The van der Waals surface area contributed by atoms with Crippen molar-refractivity contribution in [3.8, 4) is 17.6 Å². The molecule has 2 aromatic carbocycles. The summed E-state index contributed by atoms with van der Waals surface area (Å²) in [5, 5.41) is 9.36. The average Bonchev–Trinajstić information content (AvgIpc) is 2.48. The first-order valence-corrected chi connectivity index (χ1v) is 7.69. The Labute approximate surface area is 124 Å². The lowest BCUT2D eigenvalue weighted by Gasteiger charge is -2.11. The molecule has 0 saturated carbocycles. The summed E-state index contributed by atoms with van der Waals surface area (Å²) in [6, 6.07) is 16.0. The summed E-state index contributed by atoms with van der Waals surface area (Å²) in [5.41, 5.74) is 1.83. The summed E-state index contributed by atoms with van der Waals surface area (Å²) in [6.07, 6.45) is 0.966. The zero-order valence-electron chi connectivity index (χ0n) is 11.7. The molecule has 102 valence electrons. The number of benzene rings is 2. The Hall–Kier alpha value is -1.92. The summed E-state index contributed by atoms with van der Waals surface area (Å²) >= 11 is 1.66. The van der Waals surface area contributed by atoms with Crippen LogP contribution in [-0.2, 0) is 6.42 Å². The van der Waals surface area contributed by atoms with Crippen LogP contribution in [0.25, 0.3) is 0 Å². The van der Waals surface area contributed by atoms with Gasteiger partial charge in [0.05, 0.1) is 0 Å². The normalized spacial score (nSPS) is 10.1. The van der Waals surface area contributed by atoms with Crippen molar-refractivity contribution in [3.63, 3.8) is 0 Å². The predicted octanol–water partition coefficient (Wildman–Crippen LogP) is 5.02. The van der Waals surface area contributed by atoms with E-state index in [9.17, 15) is 5.26 Å². The molecule has 0 aliphatic carbocycles. The standard InChI is InChI=1S/C17H17NOS/c1-3-13-7-5-8-14(11-13)19-16-9-6-10-17(20-4-2)15(16)12-18/h5-11H,3-4H2,1-2H3. The highest BCUT2D eigenvalue weighted by molar-refractivity contribution is 7.99. The van der Waals surface area contributed by atoms with E-state index in [1.165, 1.54) is 5.56 Å². The maximum absolute atomic E-state index is 9.36. The molecule has 0 N–H and O–H groups in total. The fourth-order valence-electron chi connectivity index (χ4n) is 1.94. The molecule has 0 saturated heterocycles. The van der Waals surface area contributed by atoms with E-state index in [2.05, 4.69) is 26.0 Å². The molecule has 20 heavy (non-hydrogen) atoms. The molecule has 0 bridgehead atoms. The second-order valence-corrected chi connectivity index (χ2v) is 5.58. The second kappa shape index (κ2) is 7.02. The minimum Gasteiger partial charge on any atom is -0.456 e. The van der Waals surface area contributed by atoms with Gasteiger partial charge in [0.2, 0.25) is 0 Å². The molecule has 0 fully saturated rings. The maximum Gasteiger partial charge on any atom is 0.146 e. The van der Waals surface area contributed by atoms with Crippen molar-refractivity contribution in [1.29, 1.82) is 5.26 Å². The van der Waals surface area contributed by atoms with Gasteiger partial charge in [0, 0.05) is 4.90 Å². The number of rotatable bonds is 5. The lowest BCUT2D eigenvalue weighted by atomic mass is 10.1. The number of nitrogens with zero attached hydrogens (tertiary/aromatic N) is 1. The quantitative estimate of drug-likeness (QED) is 0.722. The van der Waals surface area contributed by atoms with Crippen molar-refractivity contribution in [2.45, 2.75) is 25.2 Å². The zero-order chi connectivity index (χ0) is 14.4. The lowest BCUT2D eigenvalue weighted by molar-refractivity contribution is 0.479. The van der Waals surface area contributed by atoms with E-state index in [0.717, 1.165) is 22.8 Å². The van der Waals surface area contributed by atoms with Crippen LogP contribution in [0.2, 0.25) is 0 Å². The average molecular weight is 283 g/mol. The van der Waals surface area contributed by atoms with Crippen molar-refractivity contribution in [2.24, 2.45) is 0 Å². The number of hydrogen-bond donors (Lipinski definition) is 0. The van der Waals surface area contributed by atoms with Gasteiger partial charge in [-0.25, -0.2) is 0 Å². The minimum absolute atomic E-state index is 0.612. The van der Waals surface area contributed by atoms with Crippen LogP contribution < -0.4 is 4.74 Å². The fraction of sp³-hybridized carbons (Fsp3) is 0.235. The smallest absolute Gasteiger partial charge is 0.146 e. The summed E-state index contributed by atoms with van der Waals surface area (Å²) in [4.78, 5) is 0.971. The number of hydrogen-bond acceptors (Lipinski definition) is 3. The third-order valence-corrected chi connectivity index (χ3v) is 3.87. The molecule has 2 rings (SSSR count). The molecule has 0 unspecified atom stereocenters. The van der Waals surface area contributed by atoms with Crippen LogP contribution in [0.5, 0.6) is 11.5 Å². The molecule has 3 heteroatoms. The van der Waals surface area contributed by atoms with E-state index in [4.69, 9.17) is 4.74 Å². The van der Waals surface area contributed by atoms with Gasteiger partial charge in [0.15, 0.2) is 0 Å². The summed E-state index contributed by atoms with van der Waals surface area (Å²) < 4.78 is 5.89. The first-order valence-electron chi connectivity index (χ1n) is 6.71. The van der Waals surface area contributed by atoms with Gasteiger partial charge in [-0.1, -0.05) is 32.0 Å². The molecule has 0 heterocycles. The summed E-state index contributed by atoms with van der Waals surface area (Å²) in [5.74, 6) is 2.34. The Morgan fingerprint density at radius 1 is 1.15 bits per heavy atom. The topological polar surface area (TPSA) is 33.0 Å². The largest absolute Gasteiger partial charge is 0.456 e. The van der Waals surface area contributed by atoms with Gasteiger partial charge in [0.1, 0.15) is 23.1 Å². The van der Waals surface area contributed by atoms with Crippen LogP contribution in [0, 0.1) is 11.3 Å². The number of ether oxygens (including phenoxy) is 1. The van der Waals surface area contributed by atoms with E-state index in [0.29, 0.717) is 11.3 Å². The predicted molar refractivity (Wildman–Crippen MR) is 83.4 cm³/mol. The maximum atomic E-state index is 9.36. The molecule has 0 amide bonds. The molecule has 0 aliphatic heterocycles. The summed E-state index contributed by atoms with van der Waals surface area (Å²) in [7, 11) is 0. The minimum atomic E-state index is 0.612. The van der Waals surface area contributed by atoms with Gasteiger partial charge in [-0.05, 0) is 42.0 Å². The number of nitriles is 1. The van der Waals surface area contributed by atoms with Crippen LogP contribution in [0.4, 0.5) is 0 Å². The fourth-order valence-corrected chi connectivity index (χ4v) is 2.71. The molecule has 0 radical (unpaired) electrons. The highest BCUT2D eigenvalue weighted by Crippen LogP contribution is 2.32. The first kappa shape index (κ1) is 14.5. The molecule has 0 spiro atoms. The van der Waals surface area contributed by atoms with Crippen LogP contribution in [0.3, 0.4) is 0 Å². The van der Waals surface area contributed by atoms with E-state index in [1.54, 1.807) is 11.8 Å². The Balaban J connectivity index is 2.33. The monoisotopic (exact) mass is 283 g/mol. The van der Waals surface area contributed by atoms with E-state index < -0.39 is 0 Å². The van der Waals surface area contributed by atoms with Crippen molar-refractivity contribution < 1.29 is 4.74 Å². The van der Waals surface area contributed by atoms with Crippen molar-refractivity contribution in [1.82, 2.24) is 0 Å². The van der Waals surface area contributed by atoms with Crippen molar-refractivity contribution in [2.75, 3.05) is 5.75 Å². The molecular formula is C17H17NOS. The van der Waals surface area contributed by atoms with Gasteiger partial charge in [-0.3, -0.25) is 0 Å². The molecule has 0 aromatic heterocycles. The Morgan fingerprint density at radius 3 is 2.65 bits per heavy atom. The van der Waals surface area contributed by atoms with Crippen LogP contribution in [0.15, 0.2) is 47.4 Å². The Kier molecular flexibility index (Phi) is 5.09. The summed E-state index contributed by atoms with van der Waals surface area (Å²) in [6.45, 7) is 4.18. The highest BCUT2D eigenvalue weighted by atomic mass is 32.2. The molecule has 2 nitrogen and oxygen atoms in total.